The number of ether oxygens (including phenoxy) is 2. The smallest absolute Gasteiger partial charge is 0.340 e. The Morgan fingerprint density at radius 3 is 2.48 bits per heavy atom. The molecular weight excluding hydrogens is 390 g/mol. The van der Waals surface area contributed by atoms with Crippen LogP contribution in [0.3, 0.4) is 0 Å². The highest BCUT2D eigenvalue weighted by Gasteiger charge is 2.28. The van der Waals surface area contributed by atoms with Crippen molar-refractivity contribution >= 4 is 27.6 Å². The van der Waals surface area contributed by atoms with Crippen molar-refractivity contribution in [3.05, 3.63) is 64.7 Å². The zero-order valence-electron chi connectivity index (χ0n) is 14.8. The fourth-order valence-corrected chi connectivity index (χ4v) is 4.40. The molecule has 6 nitrogen and oxygen atoms in total. The molecule has 0 amide bonds. The maximum absolute atomic E-state index is 12.8. The third-order valence-corrected chi connectivity index (χ3v) is 6.54. The first-order valence-corrected chi connectivity index (χ1v) is 10.3. The Morgan fingerprint density at radius 2 is 1.81 bits per heavy atom. The van der Waals surface area contributed by atoms with E-state index in [-0.39, 0.29) is 28.6 Å². The summed E-state index contributed by atoms with van der Waals surface area (Å²) in [6, 6.07) is 13.3. The van der Waals surface area contributed by atoms with Gasteiger partial charge >= 0.3 is 5.97 Å². The fourth-order valence-electron chi connectivity index (χ4n) is 2.77. The molecule has 1 heterocycles. The van der Waals surface area contributed by atoms with Crippen molar-refractivity contribution in [2.45, 2.75) is 17.9 Å². The van der Waals surface area contributed by atoms with Gasteiger partial charge in [0, 0.05) is 13.1 Å². The number of sulfonamides is 1. The van der Waals surface area contributed by atoms with Crippen molar-refractivity contribution < 1.29 is 22.7 Å². The zero-order chi connectivity index (χ0) is 19.4. The fraction of sp³-hybridized carbons (Fsp3) is 0.316. The van der Waals surface area contributed by atoms with E-state index < -0.39 is 22.1 Å². The van der Waals surface area contributed by atoms with Crippen molar-refractivity contribution in [2.75, 3.05) is 26.3 Å². The van der Waals surface area contributed by atoms with Gasteiger partial charge < -0.3 is 9.47 Å². The van der Waals surface area contributed by atoms with Crippen LogP contribution in [0.2, 0.25) is 5.02 Å². The highest BCUT2D eigenvalue weighted by molar-refractivity contribution is 7.89. The number of carbonyl (C=O) groups is 1. The highest BCUT2D eigenvalue weighted by Crippen LogP contribution is 2.26. The average molecular weight is 410 g/mol. The van der Waals surface area contributed by atoms with Gasteiger partial charge in [0.25, 0.3) is 0 Å². The van der Waals surface area contributed by atoms with Crippen molar-refractivity contribution in [1.29, 1.82) is 0 Å². The molecule has 2 aromatic carbocycles. The predicted octanol–water partition coefficient (Wildman–Crippen LogP) is 3.28. The van der Waals surface area contributed by atoms with Crippen LogP contribution in [0.25, 0.3) is 0 Å². The lowest BCUT2D eigenvalue weighted by atomic mass is 10.1. The second-order valence-corrected chi connectivity index (χ2v) is 8.46. The molecule has 1 fully saturated rings. The van der Waals surface area contributed by atoms with Crippen molar-refractivity contribution in [3.63, 3.8) is 0 Å². The molecule has 8 heteroatoms. The molecule has 0 aliphatic carbocycles. The maximum Gasteiger partial charge on any atom is 0.340 e. The minimum Gasteiger partial charge on any atom is -0.454 e. The number of rotatable bonds is 5. The van der Waals surface area contributed by atoms with Crippen LogP contribution >= 0.6 is 11.6 Å². The van der Waals surface area contributed by atoms with E-state index in [0.29, 0.717) is 13.2 Å². The number of morpholine rings is 1. The van der Waals surface area contributed by atoms with E-state index >= 15 is 0 Å². The number of nitrogens with zero attached hydrogens (tertiary/aromatic N) is 1. The molecule has 1 saturated heterocycles. The normalized spacial score (nSPS) is 16.7. The summed E-state index contributed by atoms with van der Waals surface area (Å²) in [5.41, 5.74) is 0.854. The molecule has 3 rings (SSSR count). The van der Waals surface area contributed by atoms with Crippen LogP contribution < -0.4 is 0 Å². The van der Waals surface area contributed by atoms with Crippen LogP contribution in [-0.4, -0.2) is 45.0 Å². The minimum atomic E-state index is -3.73. The van der Waals surface area contributed by atoms with E-state index in [1.54, 1.807) is 6.92 Å². The molecular formula is C19H20ClNO5S. The molecule has 0 N–H and O–H groups in total. The van der Waals surface area contributed by atoms with E-state index in [1.165, 1.54) is 22.5 Å². The second kappa shape index (κ2) is 8.39. The molecule has 2 aromatic rings. The minimum absolute atomic E-state index is 0.00751. The lowest BCUT2D eigenvalue weighted by Gasteiger charge is -2.26. The molecule has 1 atom stereocenters. The SMILES string of the molecule is CC(OC(=O)c1cc(S(=O)(=O)N2CCOCC2)ccc1Cl)c1ccccc1. The highest BCUT2D eigenvalue weighted by atomic mass is 35.5. The standard InChI is InChI=1S/C19H20ClNO5S/c1-14(15-5-3-2-4-6-15)26-19(22)17-13-16(7-8-18(17)20)27(23,24)21-9-11-25-12-10-21/h2-8,13-14H,9-12H2,1H3. The lowest BCUT2D eigenvalue weighted by Crippen LogP contribution is -2.40. The number of hydrogen-bond donors (Lipinski definition) is 0. The first-order chi connectivity index (χ1) is 12.9. The average Bonchev–Trinajstić information content (AvgIpc) is 2.69. The summed E-state index contributed by atoms with van der Waals surface area (Å²) in [5, 5.41) is 0.140. The summed E-state index contributed by atoms with van der Waals surface area (Å²) in [6.45, 7) is 2.98. The van der Waals surface area contributed by atoms with Crippen molar-refractivity contribution in [3.8, 4) is 0 Å². The maximum atomic E-state index is 12.8. The summed E-state index contributed by atoms with van der Waals surface area (Å²) in [5.74, 6) is -0.671. The Bertz CT molecular complexity index is 911. The quantitative estimate of drug-likeness (QED) is 0.708. The van der Waals surface area contributed by atoms with E-state index in [9.17, 15) is 13.2 Å². The van der Waals surface area contributed by atoms with Crippen LogP contribution in [0, 0.1) is 0 Å². The van der Waals surface area contributed by atoms with Gasteiger partial charge in [0.05, 0.1) is 28.7 Å². The largest absolute Gasteiger partial charge is 0.454 e. The molecule has 0 radical (unpaired) electrons. The van der Waals surface area contributed by atoms with Gasteiger partial charge in [-0.1, -0.05) is 41.9 Å². The number of esters is 1. The van der Waals surface area contributed by atoms with Crippen LogP contribution in [-0.2, 0) is 19.5 Å². The van der Waals surface area contributed by atoms with Gasteiger partial charge in [0.2, 0.25) is 10.0 Å². The molecule has 0 bridgehead atoms. The number of benzene rings is 2. The molecule has 0 spiro atoms. The Kier molecular flexibility index (Phi) is 6.16. The lowest BCUT2D eigenvalue weighted by molar-refractivity contribution is 0.0337. The number of hydrogen-bond acceptors (Lipinski definition) is 5. The summed E-state index contributed by atoms with van der Waals surface area (Å²) in [7, 11) is -3.73. The predicted molar refractivity (Wildman–Crippen MR) is 101 cm³/mol. The molecule has 1 aliphatic rings. The number of halogens is 1. The van der Waals surface area contributed by atoms with Gasteiger partial charge in [-0.15, -0.1) is 0 Å². The summed E-state index contributed by atoms with van der Waals surface area (Å²) < 4.78 is 37.6. The van der Waals surface area contributed by atoms with Crippen LogP contribution in [0.5, 0.6) is 0 Å². The Labute approximate surface area is 163 Å². The molecule has 0 aromatic heterocycles. The van der Waals surface area contributed by atoms with E-state index in [0.717, 1.165) is 5.56 Å². The summed E-state index contributed by atoms with van der Waals surface area (Å²) >= 11 is 6.13. The molecule has 0 saturated carbocycles. The first-order valence-electron chi connectivity index (χ1n) is 8.53. The van der Waals surface area contributed by atoms with Crippen molar-refractivity contribution in [2.24, 2.45) is 0 Å². The Hall–Kier alpha value is -1.93. The third kappa shape index (κ3) is 4.50. The monoisotopic (exact) mass is 409 g/mol. The first kappa shape index (κ1) is 19.8. The van der Waals surface area contributed by atoms with Crippen LogP contribution in [0.1, 0.15) is 28.9 Å². The van der Waals surface area contributed by atoms with Gasteiger partial charge in [-0.25, -0.2) is 13.2 Å². The van der Waals surface area contributed by atoms with Gasteiger partial charge in [0.1, 0.15) is 6.10 Å². The number of carbonyl (C=O) groups excluding carboxylic acids is 1. The van der Waals surface area contributed by atoms with Gasteiger partial charge in [-0.05, 0) is 30.7 Å². The topological polar surface area (TPSA) is 72.9 Å². The second-order valence-electron chi connectivity index (χ2n) is 6.12. The summed E-state index contributed by atoms with van der Waals surface area (Å²) in [6.07, 6.45) is -0.491. The zero-order valence-corrected chi connectivity index (χ0v) is 16.4. The molecule has 27 heavy (non-hydrogen) atoms. The van der Waals surface area contributed by atoms with Gasteiger partial charge in [-0.2, -0.15) is 4.31 Å². The van der Waals surface area contributed by atoms with Crippen LogP contribution in [0.15, 0.2) is 53.4 Å². The molecule has 1 unspecified atom stereocenters. The van der Waals surface area contributed by atoms with Crippen molar-refractivity contribution in [1.82, 2.24) is 4.31 Å². The third-order valence-electron chi connectivity index (χ3n) is 4.32. The van der Waals surface area contributed by atoms with Gasteiger partial charge in [0.15, 0.2) is 0 Å². The Morgan fingerprint density at radius 1 is 1.15 bits per heavy atom. The van der Waals surface area contributed by atoms with Gasteiger partial charge in [-0.3, -0.25) is 0 Å². The molecule has 144 valence electrons. The van der Waals surface area contributed by atoms with E-state index in [4.69, 9.17) is 21.1 Å². The summed E-state index contributed by atoms with van der Waals surface area (Å²) in [4.78, 5) is 12.6. The molecule has 1 aliphatic heterocycles. The van der Waals surface area contributed by atoms with E-state index in [1.807, 2.05) is 30.3 Å². The Balaban J connectivity index is 1.83. The van der Waals surface area contributed by atoms with Crippen LogP contribution in [0.4, 0.5) is 0 Å². The van der Waals surface area contributed by atoms with E-state index in [2.05, 4.69) is 0 Å².